The molecule has 1 amide bonds. The van der Waals surface area contributed by atoms with Crippen LogP contribution in [0.5, 0.6) is 0 Å². The molecule has 1 fully saturated rings. The Morgan fingerprint density at radius 1 is 1.00 bits per heavy atom. The fourth-order valence-electron chi connectivity index (χ4n) is 4.46. The zero-order valence-corrected chi connectivity index (χ0v) is 21.2. The number of unbranched alkanes of at least 4 members (excludes halogenated alkanes) is 2. The topological polar surface area (TPSA) is 60.9 Å². The van der Waals surface area contributed by atoms with Gasteiger partial charge in [-0.25, -0.2) is 4.39 Å². The van der Waals surface area contributed by atoms with Crippen LogP contribution in [-0.4, -0.2) is 52.8 Å². The lowest BCUT2D eigenvalue weighted by Crippen LogP contribution is -2.34. The minimum absolute atomic E-state index is 0.0308. The van der Waals surface area contributed by atoms with E-state index in [1.54, 1.807) is 36.4 Å². The van der Waals surface area contributed by atoms with E-state index >= 15 is 0 Å². The van der Waals surface area contributed by atoms with Crippen LogP contribution < -0.4 is 0 Å². The van der Waals surface area contributed by atoms with Crippen molar-refractivity contribution >= 4 is 29.1 Å². The molecular formula is C28H34ClFN2O3. The molecule has 1 aliphatic heterocycles. The second-order valence-corrected chi connectivity index (χ2v) is 9.39. The molecule has 0 bridgehead atoms. The average Bonchev–Trinajstić information content (AvgIpc) is 3.10. The van der Waals surface area contributed by atoms with Crippen LogP contribution in [-0.2, 0) is 9.59 Å². The summed E-state index contributed by atoms with van der Waals surface area (Å²) in [5.41, 5.74) is 0.796. The van der Waals surface area contributed by atoms with E-state index in [4.69, 9.17) is 11.6 Å². The smallest absolute Gasteiger partial charge is 0.295 e. The van der Waals surface area contributed by atoms with E-state index in [1.165, 1.54) is 17.0 Å². The number of likely N-dealkylation sites (tertiary alicyclic amines) is 1. The second-order valence-electron chi connectivity index (χ2n) is 8.96. The van der Waals surface area contributed by atoms with Crippen LogP contribution in [0.25, 0.3) is 5.76 Å². The number of rotatable bonds is 12. The number of hydrogen-bond donors (Lipinski definition) is 1. The van der Waals surface area contributed by atoms with E-state index in [-0.39, 0.29) is 11.3 Å². The van der Waals surface area contributed by atoms with Gasteiger partial charge in [0.05, 0.1) is 11.6 Å². The number of benzene rings is 2. The average molecular weight is 501 g/mol. The Morgan fingerprint density at radius 3 is 2.23 bits per heavy atom. The first kappa shape index (κ1) is 26.9. The summed E-state index contributed by atoms with van der Waals surface area (Å²) in [6, 6.07) is 11.4. The Bertz CT molecular complexity index is 1050. The van der Waals surface area contributed by atoms with Crippen molar-refractivity contribution < 1.29 is 19.1 Å². The molecule has 2 aromatic rings. The Kier molecular flexibility index (Phi) is 9.87. The highest BCUT2D eigenvalue weighted by molar-refractivity contribution is 6.46. The van der Waals surface area contributed by atoms with E-state index < -0.39 is 23.5 Å². The van der Waals surface area contributed by atoms with Gasteiger partial charge >= 0.3 is 0 Å². The number of aliphatic hydroxyl groups excluding tert-OH is 1. The number of carbonyl (C=O) groups is 2. The van der Waals surface area contributed by atoms with Crippen molar-refractivity contribution in [1.29, 1.82) is 0 Å². The van der Waals surface area contributed by atoms with Crippen LogP contribution in [0.15, 0.2) is 54.1 Å². The first-order valence-corrected chi connectivity index (χ1v) is 12.8. The molecule has 1 atom stereocenters. The van der Waals surface area contributed by atoms with Crippen LogP contribution >= 0.6 is 11.6 Å². The molecule has 0 saturated carbocycles. The molecule has 0 radical (unpaired) electrons. The lowest BCUT2D eigenvalue weighted by molar-refractivity contribution is -0.140. The van der Waals surface area contributed by atoms with Gasteiger partial charge in [0.25, 0.3) is 11.7 Å². The fraction of sp³-hybridized carbons (Fsp3) is 0.429. The van der Waals surface area contributed by atoms with Crippen LogP contribution in [0, 0.1) is 5.82 Å². The van der Waals surface area contributed by atoms with Crippen molar-refractivity contribution in [1.82, 2.24) is 9.80 Å². The van der Waals surface area contributed by atoms with Crippen molar-refractivity contribution in [3.05, 3.63) is 76.1 Å². The Labute approximate surface area is 212 Å². The maximum Gasteiger partial charge on any atom is 0.295 e. The molecule has 1 N–H and O–H groups in total. The van der Waals surface area contributed by atoms with Gasteiger partial charge in [-0.3, -0.25) is 9.59 Å². The molecule has 5 nitrogen and oxygen atoms in total. The molecule has 0 aromatic heterocycles. The minimum Gasteiger partial charge on any atom is -0.507 e. The molecule has 1 saturated heterocycles. The Morgan fingerprint density at radius 2 is 1.63 bits per heavy atom. The molecule has 7 heteroatoms. The summed E-state index contributed by atoms with van der Waals surface area (Å²) in [7, 11) is 0. The summed E-state index contributed by atoms with van der Waals surface area (Å²) in [5.74, 6) is -2.20. The number of carbonyl (C=O) groups excluding carboxylic acids is 2. The number of ketones is 1. The number of Topliss-reactive ketones (excluding diaryl/α,β-unsaturated/α-hetero) is 1. The number of nitrogens with zero attached hydrogens (tertiary/aromatic N) is 2. The number of hydrogen-bond acceptors (Lipinski definition) is 4. The summed E-state index contributed by atoms with van der Waals surface area (Å²) in [6.07, 6.45) is 5.12. The highest BCUT2D eigenvalue weighted by Crippen LogP contribution is 2.39. The first-order chi connectivity index (χ1) is 16.9. The molecule has 0 aliphatic carbocycles. The maximum absolute atomic E-state index is 14.1. The van der Waals surface area contributed by atoms with E-state index in [0.29, 0.717) is 29.1 Å². The molecule has 3 rings (SSSR count). The van der Waals surface area contributed by atoms with Gasteiger partial charge in [-0.15, -0.1) is 0 Å². The van der Waals surface area contributed by atoms with Gasteiger partial charge < -0.3 is 14.9 Å². The van der Waals surface area contributed by atoms with Crippen LogP contribution in [0.3, 0.4) is 0 Å². The standard InChI is InChI=1S/C28H34ClFN2O3/c1-3-5-15-31(16-6-4-2)17-8-18-32-25(21-9-7-10-23(30)19-21)24(27(34)28(32)35)26(33)20-11-13-22(29)14-12-20/h7,9-14,19,25,33H,3-6,8,15-18H2,1-2H3/t25-/m1/s1. The third-order valence-corrected chi connectivity index (χ3v) is 6.60. The van der Waals surface area contributed by atoms with E-state index in [9.17, 15) is 19.1 Å². The van der Waals surface area contributed by atoms with E-state index in [1.807, 2.05) is 0 Å². The molecule has 1 heterocycles. The Balaban J connectivity index is 1.91. The maximum atomic E-state index is 14.1. The van der Waals surface area contributed by atoms with Gasteiger partial charge in [0.2, 0.25) is 0 Å². The predicted molar refractivity (Wildman–Crippen MR) is 138 cm³/mol. The van der Waals surface area contributed by atoms with Gasteiger partial charge in [0, 0.05) is 17.1 Å². The van der Waals surface area contributed by atoms with Crippen molar-refractivity contribution in [2.24, 2.45) is 0 Å². The minimum atomic E-state index is -0.860. The quantitative estimate of drug-likeness (QED) is 0.214. The monoisotopic (exact) mass is 500 g/mol. The van der Waals surface area contributed by atoms with E-state index in [0.717, 1.165) is 45.3 Å². The van der Waals surface area contributed by atoms with Gasteiger partial charge in [-0.05, 0) is 80.9 Å². The number of aliphatic hydroxyl groups is 1. The van der Waals surface area contributed by atoms with Crippen molar-refractivity contribution in [3.8, 4) is 0 Å². The van der Waals surface area contributed by atoms with Gasteiger partial charge in [0.15, 0.2) is 0 Å². The summed E-state index contributed by atoms with van der Waals surface area (Å²) in [4.78, 5) is 30.1. The second kappa shape index (κ2) is 12.8. The zero-order chi connectivity index (χ0) is 25.4. The zero-order valence-electron chi connectivity index (χ0n) is 20.5. The van der Waals surface area contributed by atoms with Crippen molar-refractivity contribution in [3.63, 3.8) is 0 Å². The Hall–Kier alpha value is -2.70. The van der Waals surface area contributed by atoms with Gasteiger partial charge in [-0.2, -0.15) is 0 Å². The summed E-state index contributed by atoms with van der Waals surface area (Å²) in [6.45, 7) is 7.46. The van der Waals surface area contributed by atoms with Crippen molar-refractivity contribution in [2.45, 2.75) is 52.0 Å². The SMILES string of the molecule is CCCCN(CCCC)CCCN1C(=O)C(=O)C(=C(O)c2ccc(Cl)cc2)[C@H]1c1cccc(F)c1. The highest BCUT2D eigenvalue weighted by Gasteiger charge is 2.45. The van der Waals surface area contributed by atoms with Gasteiger partial charge in [0.1, 0.15) is 11.6 Å². The fourth-order valence-corrected chi connectivity index (χ4v) is 4.59. The summed E-state index contributed by atoms with van der Waals surface area (Å²) in [5, 5.41) is 11.5. The predicted octanol–water partition coefficient (Wildman–Crippen LogP) is 6.19. The van der Waals surface area contributed by atoms with Gasteiger partial charge in [-0.1, -0.05) is 50.4 Å². The summed E-state index contributed by atoms with van der Waals surface area (Å²) >= 11 is 5.97. The van der Waals surface area contributed by atoms with Crippen LogP contribution in [0.1, 0.15) is 63.1 Å². The first-order valence-electron chi connectivity index (χ1n) is 12.4. The third-order valence-electron chi connectivity index (χ3n) is 6.35. The molecule has 1 aliphatic rings. The van der Waals surface area contributed by atoms with Crippen LogP contribution in [0.4, 0.5) is 4.39 Å². The lowest BCUT2D eigenvalue weighted by atomic mass is 9.95. The molecule has 35 heavy (non-hydrogen) atoms. The molecular weight excluding hydrogens is 467 g/mol. The number of halogens is 2. The molecule has 188 valence electrons. The van der Waals surface area contributed by atoms with E-state index in [2.05, 4.69) is 18.7 Å². The normalized spacial score (nSPS) is 17.5. The largest absolute Gasteiger partial charge is 0.507 e. The summed E-state index contributed by atoms with van der Waals surface area (Å²) < 4.78 is 14.1. The number of amides is 1. The third kappa shape index (κ3) is 6.71. The van der Waals surface area contributed by atoms with Crippen molar-refractivity contribution in [2.75, 3.05) is 26.2 Å². The van der Waals surface area contributed by atoms with Crippen LogP contribution in [0.2, 0.25) is 5.02 Å². The lowest BCUT2D eigenvalue weighted by Gasteiger charge is -2.27. The highest BCUT2D eigenvalue weighted by atomic mass is 35.5. The molecule has 0 unspecified atom stereocenters. The molecule has 0 spiro atoms. The molecule has 2 aromatic carbocycles.